The molecule has 1 aliphatic rings. The molecule has 3 rings (SSSR count). The zero-order valence-electron chi connectivity index (χ0n) is 15.2. The van der Waals surface area contributed by atoms with Crippen molar-refractivity contribution in [1.82, 2.24) is 15.2 Å². The summed E-state index contributed by atoms with van der Waals surface area (Å²) in [5.41, 5.74) is 4.93. The Morgan fingerprint density at radius 2 is 1.57 bits per heavy atom. The molecule has 28 heavy (non-hydrogen) atoms. The highest BCUT2D eigenvalue weighted by atomic mass is 32.2. The molecule has 0 spiro atoms. The van der Waals surface area contributed by atoms with E-state index in [1.807, 2.05) is 0 Å². The molecule has 2 amide bonds. The van der Waals surface area contributed by atoms with E-state index in [0.29, 0.717) is 18.7 Å². The van der Waals surface area contributed by atoms with Crippen molar-refractivity contribution in [3.05, 3.63) is 65.0 Å². The first-order chi connectivity index (χ1) is 13.3. The summed E-state index contributed by atoms with van der Waals surface area (Å²) in [4.78, 5) is 24.4. The zero-order valence-corrected chi connectivity index (χ0v) is 16.1. The topological polar surface area (TPSA) is 95.6 Å². The average Bonchev–Trinajstić information content (AvgIpc) is 3.24. The van der Waals surface area contributed by atoms with Gasteiger partial charge in [0.15, 0.2) is 0 Å². The van der Waals surface area contributed by atoms with Crippen molar-refractivity contribution in [3.8, 4) is 0 Å². The molecule has 0 bridgehead atoms. The molecule has 0 saturated carbocycles. The molecule has 0 radical (unpaired) electrons. The number of nitrogens with zero attached hydrogens (tertiary/aromatic N) is 1. The van der Waals surface area contributed by atoms with Crippen LogP contribution < -0.4 is 10.9 Å². The van der Waals surface area contributed by atoms with Crippen LogP contribution >= 0.6 is 0 Å². The number of hydrogen-bond acceptors (Lipinski definition) is 4. The number of halogens is 1. The van der Waals surface area contributed by atoms with Crippen LogP contribution in [-0.4, -0.2) is 37.6 Å². The van der Waals surface area contributed by atoms with Crippen LogP contribution in [0.25, 0.3) is 0 Å². The molecule has 2 N–H and O–H groups in total. The highest BCUT2D eigenvalue weighted by Crippen LogP contribution is 2.21. The molecule has 1 saturated heterocycles. The monoisotopic (exact) mass is 405 g/mol. The van der Waals surface area contributed by atoms with Crippen molar-refractivity contribution in [1.29, 1.82) is 0 Å². The van der Waals surface area contributed by atoms with Gasteiger partial charge in [0, 0.05) is 24.2 Å². The normalized spacial score (nSPS) is 14.6. The van der Waals surface area contributed by atoms with E-state index >= 15 is 0 Å². The van der Waals surface area contributed by atoms with Gasteiger partial charge in [0.25, 0.3) is 11.8 Å². The van der Waals surface area contributed by atoms with Crippen LogP contribution in [0.5, 0.6) is 0 Å². The molecule has 2 aromatic carbocycles. The lowest BCUT2D eigenvalue weighted by Gasteiger charge is -2.16. The fourth-order valence-corrected chi connectivity index (χ4v) is 4.43. The van der Waals surface area contributed by atoms with Crippen LogP contribution in [0.15, 0.2) is 47.4 Å². The lowest BCUT2D eigenvalue weighted by molar-refractivity contribution is 0.0846. The maximum absolute atomic E-state index is 13.6. The fraction of sp³-hybridized carbons (Fsp3) is 0.263. The number of benzene rings is 2. The van der Waals surface area contributed by atoms with Crippen LogP contribution in [0.1, 0.15) is 39.1 Å². The summed E-state index contributed by atoms with van der Waals surface area (Å²) in [5, 5.41) is 0. The summed E-state index contributed by atoms with van der Waals surface area (Å²) >= 11 is 0. The summed E-state index contributed by atoms with van der Waals surface area (Å²) in [6.07, 6.45) is 1.62. The third kappa shape index (κ3) is 4.20. The van der Waals surface area contributed by atoms with Crippen LogP contribution in [-0.2, 0) is 10.0 Å². The van der Waals surface area contributed by atoms with Gasteiger partial charge in [-0.3, -0.25) is 20.4 Å². The number of hydrogen-bond donors (Lipinski definition) is 2. The van der Waals surface area contributed by atoms with Crippen molar-refractivity contribution < 1.29 is 22.4 Å². The second kappa shape index (κ2) is 8.07. The Hall–Kier alpha value is -2.78. The Morgan fingerprint density at radius 3 is 2.18 bits per heavy atom. The summed E-state index contributed by atoms with van der Waals surface area (Å²) in [7, 11) is -3.65. The van der Waals surface area contributed by atoms with E-state index in [1.54, 1.807) is 6.92 Å². The standard InChI is InChI=1S/C19H20FN3O4S/c1-13-7-8-15(12-17(13)20)19(25)22-21-18(24)14-5-4-6-16(11-14)28(26,27)23-9-2-3-10-23/h4-8,11-12H,2-3,9-10H2,1H3,(H,21,24)(H,22,25). The lowest BCUT2D eigenvalue weighted by atomic mass is 10.1. The zero-order chi connectivity index (χ0) is 20.3. The van der Waals surface area contributed by atoms with E-state index in [2.05, 4.69) is 10.9 Å². The van der Waals surface area contributed by atoms with Gasteiger partial charge in [-0.05, 0) is 55.7 Å². The second-order valence-corrected chi connectivity index (χ2v) is 8.45. The highest BCUT2D eigenvalue weighted by Gasteiger charge is 2.27. The van der Waals surface area contributed by atoms with Gasteiger partial charge in [-0.25, -0.2) is 12.8 Å². The van der Waals surface area contributed by atoms with Gasteiger partial charge in [-0.2, -0.15) is 4.31 Å². The number of sulfonamides is 1. The maximum atomic E-state index is 13.6. The fourth-order valence-electron chi connectivity index (χ4n) is 2.87. The van der Waals surface area contributed by atoms with Gasteiger partial charge in [0.05, 0.1) is 4.90 Å². The average molecular weight is 405 g/mol. The number of rotatable bonds is 4. The maximum Gasteiger partial charge on any atom is 0.269 e. The summed E-state index contributed by atoms with van der Waals surface area (Å²) in [6.45, 7) is 2.49. The Labute approximate surface area is 162 Å². The van der Waals surface area contributed by atoms with Crippen molar-refractivity contribution in [2.75, 3.05) is 13.1 Å². The molecular weight excluding hydrogens is 385 g/mol. The van der Waals surface area contributed by atoms with Crippen LogP contribution in [0.3, 0.4) is 0 Å². The van der Waals surface area contributed by atoms with Crippen molar-refractivity contribution >= 4 is 21.8 Å². The van der Waals surface area contributed by atoms with E-state index < -0.39 is 27.7 Å². The molecule has 1 aliphatic heterocycles. The number of carbonyl (C=O) groups excluding carboxylic acids is 2. The molecule has 0 aromatic heterocycles. The molecule has 0 aliphatic carbocycles. The predicted molar refractivity (Wildman–Crippen MR) is 101 cm³/mol. The first-order valence-corrected chi connectivity index (χ1v) is 10.2. The van der Waals surface area contributed by atoms with E-state index in [0.717, 1.165) is 18.9 Å². The number of carbonyl (C=O) groups is 2. The first-order valence-electron chi connectivity index (χ1n) is 8.76. The van der Waals surface area contributed by atoms with E-state index in [9.17, 15) is 22.4 Å². The van der Waals surface area contributed by atoms with E-state index in [4.69, 9.17) is 0 Å². The molecule has 1 heterocycles. The van der Waals surface area contributed by atoms with Crippen LogP contribution in [0, 0.1) is 12.7 Å². The quantitative estimate of drug-likeness (QED) is 0.761. The number of nitrogens with one attached hydrogen (secondary N) is 2. The van der Waals surface area contributed by atoms with Gasteiger partial charge in [0.2, 0.25) is 10.0 Å². The molecule has 7 nitrogen and oxygen atoms in total. The van der Waals surface area contributed by atoms with Gasteiger partial charge in [-0.1, -0.05) is 12.1 Å². The minimum absolute atomic E-state index is 0.0222. The summed E-state index contributed by atoms with van der Waals surface area (Å²) < 4.78 is 40.2. The van der Waals surface area contributed by atoms with Gasteiger partial charge in [-0.15, -0.1) is 0 Å². The number of hydrazine groups is 1. The van der Waals surface area contributed by atoms with E-state index in [1.165, 1.54) is 40.7 Å². The minimum Gasteiger partial charge on any atom is -0.267 e. The largest absolute Gasteiger partial charge is 0.269 e. The molecule has 2 aromatic rings. The van der Waals surface area contributed by atoms with Gasteiger partial charge >= 0.3 is 0 Å². The van der Waals surface area contributed by atoms with Crippen molar-refractivity contribution in [2.45, 2.75) is 24.7 Å². The second-order valence-electron chi connectivity index (χ2n) is 6.51. The number of aryl methyl sites for hydroxylation is 1. The third-order valence-corrected chi connectivity index (χ3v) is 6.42. The SMILES string of the molecule is Cc1ccc(C(=O)NNC(=O)c2cccc(S(=O)(=O)N3CCCC3)c2)cc1F. The smallest absolute Gasteiger partial charge is 0.267 e. The minimum atomic E-state index is -3.65. The summed E-state index contributed by atoms with van der Waals surface area (Å²) in [5.74, 6) is -1.90. The Balaban J connectivity index is 1.69. The van der Waals surface area contributed by atoms with Crippen molar-refractivity contribution in [2.24, 2.45) is 0 Å². The van der Waals surface area contributed by atoms with Gasteiger partial charge in [0.1, 0.15) is 5.82 Å². The Morgan fingerprint density at radius 1 is 0.964 bits per heavy atom. The summed E-state index contributed by atoms with van der Waals surface area (Å²) in [6, 6.07) is 9.56. The van der Waals surface area contributed by atoms with Gasteiger partial charge < -0.3 is 0 Å². The molecule has 1 fully saturated rings. The Bertz CT molecular complexity index is 1020. The highest BCUT2D eigenvalue weighted by molar-refractivity contribution is 7.89. The Kier molecular flexibility index (Phi) is 5.76. The predicted octanol–water partition coefficient (Wildman–Crippen LogP) is 1.99. The molecule has 0 atom stereocenters. The van der Waals surface area contributed by atoms with Crippen molar-refractivity contribution in [3.63, 3.8) is 0 Å². The van der Waals surface area contributed by atoms with Crippen LogP contribution in [0.4, 0.5) is 4.39 Å². The third-order valence-electron chi connectivity index (χ3n) is 4.52. The van der Waals surface area contributed by atoms with Crippen LogP contribution in [0.2, 0.25) is 0 Å². The van der Waals surface area contributed by atoms with E-state index in [-0.39, 0.29) is 16.0 Å². The molecule has 148 valence electrons. The molecule has 0 unspecified atom stereocenters. The lowest BCUT2D eigenvalue weighted by Crippen LogP contribution is -2.41. The molecular formula is C19H20FN3O4S. The first kappa shape index (κ1) is 20.0. The number of amides is 2. The molecule has 9 heteroatoms.